The summed E-state index contributed by atoms with van der Waals surface area (Å²) in [5.41, 5.74) is 1.31. The molecular weight excluding hydrogens is 306 g/mol. The van der Waals surface area contributed by atoms with Gasteiger partial charge >= 0.3 is 0 Å². The van der Waals surface area contributed by atoms with Crippen LogP contribution in [0.3, 0.4) is 0 Å². The number of aromatic hydroxyl groups is 1. The highest BCUT2D eigenvalue weighted by molar-refractivity contribution is 5.76. The summed E-state index contributed by atoms with van der Waals surface area (Å²) in [5, 5.41) is 9.63. The smallest absolute Gasteiger partial charge is 0.222 e. The molecule has 132 valence electrons. The highest BCUT2D eigenvalue weighted by atomic mass is 16.5. The fraction of sp³-hybridized carbons (Fsp3) is 0.632. The summed E-state index contributed by atoms with van der Waals surface area (Å²) >= 11 is 0. The first-order valence-electron chi connectivity index (χ1n) is 8.77. The van der Waals surface area contributed by atoms with Crippen molar-refractivity contribution in [3.63, 3.8) is 0 Å². The molecule has 3 rings (SSSR count). The third-order valence-corrected chi connectivity index (χ3v) is 5.44. The summed E-state index contributed by atoms with van der Waals surface area (Å²) in [6.45, 7) is 4.67. The molecule has 0 aliphatic carbocycles. The summed E-state index contributed by atoms with van der Waals surface area (Å²) in [5.74, 6) is 0.793. The van der Waals surface area contributed by atoms with E-state index in [4.69, 9.17) is 9.47 Å². The normalized spacial score (nSPS) is 22.8. The Kier molecular flexibility index (Phi) is 4.99. The number of nitrogens with zero attached hydrogens (tertiary/aromatic N) is 1. The molecule has 0 saturated carbocycles. The molecule has 2 aliphatic heterocycles. The number of piperidine rings is 1. The van der Waals surface area contributed by atoms with Gasteiger partial charge in [0.1, 0.15) is 0 Å². The second kappa shape index (κ2) is 7.01. The van der Waals surface area contributed by atoms with Gasteiger partial charge in [0.05, 0.1) is 19.8 Å². The van der Waals surface area contributed by atoms with Crippen LogP contribution < -0.4 is 4.74 Å². The van der Waals surface area contributed by atoms with Gasteiger partial charge in [0.2, 0.25) is 5.91 Å². The number of benzene rings is 1. The second-order valence-electron chi connectivity index (χ2n) is 7.21. The van der Waals surface area contributed by atoms with Crippen LogP contribution in [0.15, 0.2) is 18.2 Å². The van der Waals surface area contributed by atoms with Crippen LogP contribution in [0.4, 0.5) is 0 Å². The fourth-order valence-corrected chi connectivity index (χ4v) is 3.91. The van der Waals surface area contributed by atoms with Crippen LogP contribution in [0.5, 0.6) is 11.5 Å². The largest absolute Gasteiger partial charge is 0.504 e. The Hall–Kier alpha value is -1.75. The minimum absolute atomic E-state index is 0.127. The zero-order valence-electron chi connectivity index (χ0n) is 14.6. The first-order chi connectivity index (χ1) is 11.5. The number of aryl methyl sites for hydroxylation is 1. The SMILES string of the molecule is COc1cc(CCC(=O)N2CCC3(CC2)COC(C)C3)ccc1O. The number of phenolic OH excluding ortho intramolecular Hbond substituents is 1. The van der Waals surface area contributed by atoms with E-state index < -0.39 is 0 Å². The van der Waals surface area contributed by atoms with Crippen LogP contribution in [-0.4, -0.2) is 48.8 Å². The highest BCUT2D eigenvalue weighted by Gasteiger charge is 2.41. The molecule has 5 heteroatoms. The van der Waals surface area contributed by atoms with E-state index in [1.54, 1.807) is 12.1 Å². The van der Waals surface area contributed by atoms with Gasteiger partial charge in [-0.05, 0) is 55.7 Å². The van der Waals surface area contributed by atoms with Crippen molar-refractivity contribution in [1.29, 1.82) is 0 Å². The Balaban J connectivity index is 1.49. The van der Waals surface area contributed by atoms with Crippen molar-refractivity contribution in [1.82, 2.24) is 4.90 Å². The lowest BCUT2D eigenvalue weighted by Crippen LogP contribution is -2.43. The maximum atomic E-state index is 12.5. The third-order valence-electron chi connectivity index (χ3n) is 5.44. The monoisotopic (exact) mass is 333 g/mol. The van der Waals surface area contributed by atoms with Gasteiger partial charge in [-0.3, -0.25) is 4.79 Å². The summed E-state index contributed by atoms with van der Waals surface area (Å²) in [6.07, 6.45) is 4.75. The zero-order chi connectivity index (χ0) is 17.2. The van der Waals surface area contributed by atoms with Crippen molar-refractivity contribution in [2.75, 3.05) is 26.8 Å². The van der Waals surface area contributed by atoms with E-state index in [2.05, 4.69) is 6.92 Å². The summed E-state index contributed by atoms with van der Waals surface area (Å²) in [7, 11) is 1.53. The molecule has 2 fully saturated rings. The van der Waals surface area contributed by atoms with Gasteiger partial charge in [0, 0.05) is 19.5 Å². The number of phenols is 1. The van der Waals surface area contributed by atoms with Crippen LogP contribution in [0.1, 0.15) is 38.2 Å². The van der Waals surface area contributed by atoms with Gasteiger partial charge < -0.3 is 19.5 Å². The average molecular weight is 333 g/mol. The van der Waals surface area contributed by atoms with Gasteiger partial charge in [0.15, 0.2) is 11.5 Å². The van der Waals surface area contributed by atoms with Crippen molar-refractivity contribution < 1.29 is 19.4 Å². The summed E-state index contributed by atoms with van der Waals surface area (Å²) < 4.78 is 10.9. The quantitative estimate of drug-likeness (QED) is 0.920. The van der Waals surface area contributed by atoms with E-state index >= 15 is 0 Å². The van der Waals surface area contributed by atoms with E-state index in [0.29, 0.717) is 30.1 Å². The van der Waals surface area contributed by atoms with E-state index in [-0.39, 0.29) is 11.7 Å². The molecule has 0 aromatic heterocycles. The number of ether oxygens (including phenoxy) is 2. The average Bonchev–Trinajstić information content (AvgIpc) is 2.95. The number of amides is 1. The van der Waals surface area contributed by atoms with Crippen LogP contribution in [-0.2, 0) is 16.0 Å². The van der Waals surface area contributed by atoms with Crippen molar-refractivity contribution in [2.24, 2.45) is 5.41 Å². The summed E-state index contributed by atoms with van der Waals surface area (Å²) in [4.78, 5) is 14.5. The molecule has 1 aromatic carbocycles. The van der Waals surface area contributed by atoms with E-state index in [9.17, 15) is 9.90 Å². The molecular formula is C19H27NO4. The van der Waals surface area contributed by atoms with E-state index in [1.807, 2.05) is 11.0 Å². The fourth-order valence-electron chi connectivity index (χ4n) is 3.91. The van der Waals surface area contributed by atoms with Crippen molar-refractivity contribution in [3.05, 3.63) is 23.8 Å². The molecule has 24 heavy (non-hydrogen) atoms. The van der Waals surface area contributed by atoms with Crippen molar-refractivity contribution in [3.8, 4) is 11.5 Å². The lowest BCUT2D eigenvalue weighted by molar-refractivity contribution is -0.133. The van der Waals surface area contributed by atoms with Crippen molar-refractivity contribution >= 4 is 5.91 Å². The third kappa shape index (κ3) is 3.66. The maximum absolute atomic E-state index is 12.5. The molecule has 1 atom stereocenters. The number of carbonyl (C=O) groups is 1. The first kappa shape index (κ1) is 17.1. The molecule has 2 saturated heterocycles. The Morgan fingerprint density at radius 3 is 2.79 bits per heavy atom. The van der Waals surface area contributed by atoms with Gasteiger partial charge in [-0.15, -0.1) is 0 Å². The molecule has 2 aliphatic rings. The topological polar surface area (TPSA) is 59.0 Å². The zero-order valence-corrected chi connectivity index (χ0v) is 14.6. The summed E-state index contributed by atoms with van der Waals surface area (Å²) in [6, 6.07) is 5.25. The van der Waals surface area contributed by atoms with E-state index in [1.165, 1.54) is 7.11 Å². The first-order valence-corrected chi connectivity index (χ1v) is 8.77. The van der Waals surface area contributed by atoms with Gasteiger partial charge in [-0.2, -0.15) is 0 Å². The number of methoxy groups -OCH3 is 1. The Morgan fingerprint density at radius 2 is 2.17 bits per heavy atom. The predicted molar refractivity (Wildman–Crippen MR) is 91.3 cm³/mol. The number of likely N-dealkylation sites (tertiary alicyclic amines) is 1. The van der Waals surface area contributed by atoms with Crippen LogP contribution in [0.2, 0.25) is 0 Å². The van der Waals surface area contributed by atoms with Crippen LogP contribution in [0, 0.1) is 5.41 Å². The van der Waals surface area contributed by atoms with Crippen LogP contribution >= 0.6 is 0 Å². The molecule has 5 nitrogen and oxygen atoms in total. The number of carbonyl (C=O) groups excluding carboxylic acids is 1. The Labute approximate surface area is 143 Å². The van der Waals surface area contributed by atoms with Crippen molar-refractivity contribution in [2.45, 2.75) is 45.1 Å². The highest BCUT2D eigenvalue weighted by Crippen LogP contribution is 2.41. The maximum Gasteiger partial charge on any atom is 0.222 e. The molecule has 1 N–H and O–H groups in total. The number of rotatable bonds is 4. The molecule has 1 spiro atoms. The predicted octanol–water partition coefficient (Wildman–Crippen LogP) is 2.75. The number of hydrogen-bond donors (Lipinski definition) is 1. The molecule has 1 unspecified atom stereocenters. The minimum Gasteiger partial charge on any atom is -0.504 e. The molecule has 0 radical (unpaired) electrons. The van der Waals surface area contributed by atoms with E-state index in [0.717, 1.165) is 44.5 Å². The molecule has 1 aromatic rings. The van der Waals surface area contributed by atoms with Gasteiger partial charge in [-0.25, -0.2) is 0 Å². The standard InChI is InChI=1S/C19H27NO4/c1-14-12-19(13-24-14)7-9-20(10-8-19)18(22)6-4-15-3-5-16(21)17(11-15)23-2/h3,5,11,14,21H,4,6-10,12-13H2,1-2H3. The lowest BCUT2D eigenvalue weighted by atomic mass is 9.77. The number of hydrogen-bond acceptors (Lipinski definition) is 4. The molecule has 1 amide bonds. The second-order valence-corrected chi connectivity index (χ2v) is 7.21. The van der Waals surface area contributed by atoms with Crippen LogP contribution in [0.25, 0.3) is 0 Å². The Bertz CT molecular complexity index is 593. The minimum atomic E-state index is 0.127. The lowest BCUT2D eigenvalue weighted by Gasteiger charge is -2.38. The van der Waals surface area contributed by atoms with Gasteiger partial charge in [0.25, 0.3) is 0 Å². The van der Waals surface area contributed by atoms with Gasteiger partial charge in [-0.1, -0.05) is 6.07 Å². The molecule has 0 bridgehead atoms. The molecule has 2 heterocycles. The Morgan fingerprint density at radius 1 is 1.42 bits per heavy atom.